The van der Waals surface area contributed by atoms with Crippen molar-refractivity contribution in [3.8, 4) is 0 Å². The summed E-state index contributed by atoms with van der Waals surface area (Å²) in [4.78, 5) is 11.9. The Morgan fingerprint density at radius 3 is 2.62 bits per heavy atom. The summed E-state index contributed by atoms with van der Waals surface area (Å²) < 4.78 is 25.8. The van der Waals surface area contributed by atoms with Crippen LogP contribution in [0.3, 0.4) is 0 Å². The van der Waals surface area contributed by atoms with E-state index in [4.69, 9.17) is 0 Å². The van der Waals surface area contributed by atoms with Crippen molar-refractivity contribution in [2.75, 3.05) is 11.6 Å². The standard InChI is InChI=1S/C16H23N5O2S/c1-3-10-8-17-15-14(10)16(19-9-18-15)20-11-6-12-4-5-13(7-11)21(12)24(2,22)23/h8-9,11-13H,3-7H2,1-2H3,(H2,17,18,19,20). The van der Waals surface area contributed by atoms with Gasteiger partial charge in [-0.05, 0) is 37.7 Å². The topological polar surface area (TPSA) is 91.0 Å². The van der Waals surface area contributed by atoms with E-state index in [-0.39, 0.29) is 18.1 Å². The molecule has 2 aliphatic heterocycles. The number of H-pyrrole nitrogens is 1. The SMILES string of the molecule is CCc1c[nH]c2ncnc(NC3CC4CCC(C3)N4S(C)(=O)=O)c12. The second-order valence-electron chi connectivity index (χ2n) is 6.90. The summed E-state index contributed by atoms with van der Waals surface area (Å²) in [6, 6.07) is 0.481. The number of piperidine rings is 1. The fourth-order valence-electron chi connectivity index (χ4n) is 4.40. The summed E-state index contributed by atoms with van der Waals surface area (Å²) >= 11 is 0. The molecule has 130 valence electrons. The molecule has 0 aliphatic carbocycles. The van der Waals surface area contributed by atoms with E-state index < -0.39 is 10.0 Å². The third kappa shape index (κ3) is 2.57. The van der Waals surface area contributed by atoms with Crippen LogP contribution >= 0.6 is 0 Å². The van der Waals surface area contributed by atoms with Crippen molar-refractivity contribution < 1.29 is 8.42 Å². The molecular formula is C16H23N5O2S. The Morgan fingerprint density at radius 1 is 1.29 bits per heavy atom. The first-order valence-corrected chi connectivity index (χ1v) is 10.4. The van der Waals surface area contributed by atoms with Crippen LogP contribution in [0.4, 0.5) is 5.82 Å². The highest BCUT2D eigenvalue weighted by atomic mass is 32.2. The van der Waals surface area contributed by atoms with E-state index in [0.29, 0.717) is 0 Å². The van der Waals surface area contributed by atoms with Gasteiger partial charge in [-0.3, -0.25) is 0 Å². The second kappa shape index (κ2) is 5.70. The number of aromatic nitrogens is 3. The second-order valence-corrected chi connectivity index (χ2v) is 8.79. The minimum absolute atomic E-state index is 0.116. The van der Waals surface area contributed by atoms with E-state index in [0.717, 1.165) is 49.0 Å². The zero-order valence-corrected chi connectivity index (χ0v) is 14.8. The zero-order valence-electron chi connectivity index (χ0n) is 14.0. The number of nitrogens with one attached hydrogen (secondary N) is 2. The zero-order chi connectivity index (χ0) is 16.9. The maximum Gasteiger partial charge on any atom is 0.211 e. The molecule has 0 spiro atoms. The van der Waals surface area contributed by atoms with Gasteiger partial charge in [-0.1, -0.05) is 6.92 Å². The molecule has 4 heterocycles. The lowest BCUT2D eigenvalue weighted by atomic mass is 9.99. The van der Waals surface area contributed by atoms with Gasteiger partial charge in [0.1, 0.15) is 17.8 Å². The maximum atomic E-state index is 12.0. The molecule has 24 heavy (non-hydrogen) atoms. The third-order valence-electron chi connectivity index (χ3n) is 5.32. The summed E-state index contributed by atoms with van der Waals surface area (Å²) in [7, 11) is -3.12. The van der Waals surface area contributed by atoms with Gasteiger partial charge in [-0.2, -0.15) is 4.31 Å². The van der Waals surface area contributed by atoms with Crippen molar-refractivity contribution >= 4 is 26.9 Å². The van der Waals surface area contributed by atoms with E-state index >= 15 is 0 Å². The normalized spacial score (nSPS) is 27.7. The van der Waals surface area contributed by atoms with Gasteiger partial charge >= 0.3 is 0 Å². The average Bonchev–Trinajstić information content (AvgIpc) is 3.07. The number of aryl methyl sites for hydroxylation is 1. The molecule has 2 aromatic rings. The highest BCUT2D eigenvalue weighted by Crippen LogP contribution is 2.38. The van der Waals surface area contributed by atoms with Gasteiger partial charge in [-0.15, -0.1) is 0 Å². The summed E-state index contributed by atoms with van der Waals surface area (Å²) in [6.07, 6.45) is 9.38. The molecule has 2 aromatic heterocycles. The number of anilines is 1. The van der Waals surface area contributed by atoms with E-state index in [1.54, 1.807) is 10.6 Å². The fraction of sp³-hybridized carbons (Fsp3) is 0.625. The van der Waals surface area contributed by atoms with Crippen LogP contribution in [0.5, 0.6) is 0 Å². The van der Waals surface area contributed by atoms with Crippen LogP contribution in [-0.2, 0) is 16.4 Å². The Morgan fingerprint density at radius 2 is 2.00 bits per heavy atom. The van der Waals surface area contributed by atoms with Crippen LogP contribution in [0, 0.1) is 0 Å². The first-order valence-electron chi connectivity index (χ1n) is 8.53. The van der Waals surface area contributed by atoms with Gasteiger partial charge in [0.05, 0.1) is 11.6 Å². The lowest BCUT2D eigenvalue weighted by molar-refractivity contribution is 0.236. The molecule has 2 N–H and O–H groups in total. The molecule has 2 saturated heterocycles. The van der Waals surface area contributed by atoms with Crippen molar-refractivity contribution in [1.82, 2.24) is 19.3 Å². The molecule has 2 bridgehead atoms. The Balaban J connectivity index is 1.59. The minimum atomic E-state index is -3.12. The molecule has 7 nitrogen and oxygen atoms in total. The smallest absolute Gasteiger partial charge is 0.211 e. The number of aromatic amines is 1. The average molecular weight is 349 g/mol. The summed E-state index contributed by atoms with van der Waals surface area (Å²) in [5, 5.41) is 4.62. The maximum absolute atomic E-state index is 12.0. The van der Waals surface area contributed by atoms with Crippen LogP contribution in [-0.4, -0.2) is 52.1 Å². The molecule has 4 rings (SSSR count). The van der Waals surface area contributed by atoms with Crippen LogP contribution in [0.15, 0.2) is 12.5 Å². The predicted molar refractivity (Wildman–Crippen MR) is 93.4 cm³/mol. The Kier molecular flexibility index (Phi) is 3.76. The van der Waals surface area contributed by atoms with E-state index in [1.807, 2.05) is 6.20 Å². The van der Waals surface area contributed by atoms with Crippen molar-refractivity contribution in [3.63, 3.8) is 0 Å². The monoisotopic (exact) mass is 349 g/mol. The predicted octanol–water partition coefficient (Wildman–Crippen LogP) is 1.89. The molecule has 8 heteroatoms. The summed E-state index contributed by atoms with van der Waals surface area (Å²) in [6.45, 7) is 2.12. The first-order chi connectivity index (χ1) is 11.5. The van der Waals surface area contributed by atoms with Gasteiger partial charge in [-0.25, -0.2) is 18.4 Å². The third-order valence-corrected chi connectivity index (χ3v) is 6.68. The highest BCUT2D eigenvalue weighted by molar-refractivity contribution is 7.88. The number of hydrogen-bond acceptors (Lipinski definition) is 5. The molecule has 0 saturated carbocycles. The molecule has 2 unspecified atom stereocenters. The number of nitrogens with zero attached hydrogens (tertiary/aromatic N) is 3. The molecule has 2 fully saturated rings. The van der Waals surface area contributed by atoms with Gasteiger partial charge in [0.25, 0.3) is 0 Å². The summed E-state index contributed by atoms with van der Waals surface area (Å²) in [5.74, 6) is 0.857. The van der Waals surface area contributed by atoms with Crippen molar-refractivity contribution in [2.45, 2.75) is 57.2 Å². The van der Waals surface area contributed by atoms with Gasteiger partial charge < -0.3 is 10.3 Å². The first kappa shape index (κ1) is 15.8. The number of sulfonamides is 1. The largest absolute Gasteiger partial charge is 0.367 e. The number of rotatable bonds is 4. The van der Waals surface area contributed by atoms with E-state index in [9.17, 15) is 8.42 Å². The number of fused-ring (bicyclic) bond motifs is 3. The van der Waals surface area contributed by atoms with E-state index in [2.05, 4.69) is 27.2 Å². The van der Waals surface area contributed by atoms with Crippen LogP contribution < -0.4 is 5.32 Å². The fourth-order valence-corrected chi connectivity index (χ4v) is 5.87. The van der Waals surface area contributed by atoms with Gasteiger partial charge in [0, 0.05) is 24.3 Å². The van der Waals surface area contributed by atoms with Crippen LogP contribution in [0.1, 0.15) is 38.2 Å². The summed E-state index contributed by atoms with van der Waals surface area (Å²) in [5.41, 5.74) is 2.05. The molecular weight excluding hydrogens is 326 g/mol. The molecule has 2 atom stereocenters. The van der Waals surface area contributed by atoms with Crippen LogP contribution in [0.2, 0.25) is 0 Å². The van der Waals surface area contributed by atoms with E-state index in [1.165, 1.54) is 11.8 Å². The molecule has 0 radical (unpaired) electrons. The van der Waals surface area contributed by atoms with Gasteiger partial charge in [0.15, 0.2) is 0 Å². The Hall–Kier alpha value is -1.67. The molecule has 0 amide bonds. The molecule has 2 aliphatic rings. The lowest BCUT2D eigenvalue weighted by Gasteiger charge is -2.37. The van der Waals surface area contributed by atoms with Gasteiger partial charge in [0.2, 0.25) is 10.0 Å². The van der Waals surface area contributed by atoms with Crippen LogP contribution in [0.25, 0.3) is 11.0 Å². The van der Waals surface area contributed by atoms with Crippen molar-refractivity contribution in [2.24, 2.45) is 0 Å². The Labute approximate surface area is 141 Å². The Bertz CT molecular complexity index is 848. The van der Waals surface area contributed by atoms with Crippen molar-refractivity contribution in [1.29, 1.82) is 0 Å². The highest BCUT2D eigenvalue weighted by Gasteiger charge is 2.45. The molecule has 0 aromatic carbocycles. The van der Waals surface area contributed by atoms with Crippen molar-refractivity contribution in [3.05, 3.63) is 18.1 Å². The minimum Gasteiger partial charge on any atom is -0.367 e. The number of hydrogen-bond donors (Lipinski definition) is 2. The quantitative estimate of drug-likeness (QED) is 0.879. The lowest BCUT2D eigenvalue weighted by Crippen LogP contribution is -2.49.